The highest BCUT2D eigenvalue weighted by molar-refractivity contribution is 7.89. The summed E-state index contributed by atoms with van der Waals surface area (Å²) in [6, 6.07) is 5.58. The number of sulfonamides is 1. The molecule has 7 heteroatoms. The zero-order valence-electron chi connectivity index (χ0n) is 11.5. The molecule has 1 unspecified atom stereocenters. The van der Waals surface area contributed by atoms with Gasteiger partial charge in [0.1, 0.15) is 6.04 Å². The number of nitrogens with one attached hydrogen (secondary N) is 1. The Bertz CT molecular complexity index is 613. The van der Waals surface area contributed by atoms with Gasteiger partial charge in [-0.2, -0.15) is 0 Å². The van der Waals surface area contributed by atoms with Gasteiger partial charge in [0, 0.05) is 5.02 Å². The molecule has 1 atom stereocenters. The Labute approximate surface area is 129 Å². The van der Waals surface area contributed by atoms with Crippen LogP contribution in [0.3, 0.4) is 0 Å². The summed E-state index contributed by atoms with van der Waals surface area (Å²) in [4.78, 5) is 11.3. The van der Waals surface area contributed by atoms with Crippen LogP contribution in [0.2, 0.25) is 5.02 Å². The first-order chi connectivity index (χ1) is 9.85. The standard InChI is InChI=1S/C14H18ClNO4S/c15-12-6-2-5-11(7-12)8-13(14(17)18)16-21(19,20)9-10-3-1-4-10/h2,5-7,10,13,16H,1,3-4,8-9H2,(H,17,18). The van der Waals surface area contributed by atoms with Gasteiger partial charge in [-0.3, -0.25) is 4.79 Å². The van der Waals surface area contributed by atoms with Crippen molar-refractivity contribution < 1.29 is 18.3 Å². The maximum atomic E-state index is 12.0. The van der Waals surface area contributed by atoms with E-state index in [2.05, 4.69) is 4.72 Å². The van der Waals surface area contributed by atoms with Gasteiger partial charge in [0.15, 0.2) is 0 Å². The van der Waals surface area contributed by atoms with Crippen LogP contribution in [0.5, 0.6) is 0 Å². The van der Waals surface area contributed by atoms with Crippen LogP contribution in [-0.4, -0.2) is 31.3 Å². The summed E-state index contributed by atoms with van der Waals surface area (Å²) in [6.45, 7) is 0. The number of aliphatic carboxylic acids is 1. The number of carboxylic acids is 1. The quantitative estimate of drug-likeness (QED) is 0.801. The summed E-state index contributed by atoms with van der Waals surface area (Å²) >= 11 is 5.85. The summed E-state index contributed by atoms with van der Waals surface area (Å²) in [5, 5.41) is 9.71. The van der Waals surface area contributed by atoms with Gasteiger partial charge >= 0.3 is 5.97 Å². The lowest BCUT2D eigenvalue weighted by molar-refractivity contribution is -0.138. The molecule has 1 aliphatic rings. The van der Waals surface area contributed by atoms with Crippen LogP contribution in [0.25, 0.3) is 0 Å². The average Bonchev–Trinajstić information content (AvgIpc) is 2.33. The lowest BCUT2D eigenvalue weighted by atomic mass is 9.87. The fourth-order valence-electron chi connectivity index (χ4n) is 2.31. The zero-order valence-corrected chi connectivity index (χ0v) is 13.0. The van der Waals surface area contributed by atoms with Gasteiger partial charge < -0.3 is 5.11 Å². The van der Waals surface area contributed by atoms with Gasteiger partial charge in [-0.05, 0) is 42.9 Å². The Morgan fingerprint density at radius 2 is 2.14 bits per heavy atom. The number of hydrogen-bond acceptors (Lipinski definition) is 3. The summed E-state index contributed by atoms with van der Waals surface area (Å²) in [6.07, 6.45) is 2.91. The highest BCUT2D eigenvalue weighted by Crippen LogP contribution is 2.27. The lowest BCUT2D eigenvalue weighted by Crippen LogP contribution is -2.44. The molecule has 0 bridgehead atoms. The predicted octanol–water partition coefficient (Wildman–Crippen LogP) is 2.06. The molecule has 0 radical (unpaired) electrons. The average molecular weight is 332 g/mol. The Kier molecular flexibility index (Phi) is 5.24. The van der Waals surface area contributed by atoms with E-state index in [4.69, 9.17) is 11.6 Å². The minimum Gasteiger partial charge on any atom is -0.480 e. The molecule has 2 rings (SSSR count). The highest BCUT2D eigenvalue weighted by Gasteiger charge is 2.29. The summed E-state index contributed by atoms with van der Waals surface area (Å²) in [5.74, 6) is -1.03. The van der Waals surface area contributed by atoms with Crippen LogP contribution in [0.1, 0.15) is 24.8 Å². The third-order valence-corrected chi connectivity index (χ3v) is 5.42. The molecule has 2 N–H and O–H groups in total. The molecule has 116 valence electrons. The molecule has 21 heavy (non-hydrogen) atoms. The fourth-order valence-corrected chi connectivity index (χ4v) is 4.19. The molecular weight excluding hydrogens is 314 g/mol. The van der Waals surface area contributed by atoms with Crippen molar-refractivity contribution in [3.63, 3.8) is 0 Å². The van der Waals surface area contributed by atoms with Gasteiger partial charge in [0.05, 0.1) is 5.75 Å². The van der Waals surface area contributed by atoms with Crippen LogP contribution in [0, 0.1) is 5.92 Å². The minimum atomic E-state index is -3.58. The monoisotopic (exact) mass is 331 g/mol. The van der Waals surface area contributed by atoms with Gasteiger partial charge in [-0.1, -0.05) is 30.2 Å². The number of carboxylic acid groups (broad SMARTS) is 1. The van der Waals surface area contributed by atoms with E-state index < -0.39 is 22.0 Å². The van der Waals surface area contributed by atoms with E-state index in [0.717, 1.165) is 19.3 Å². The van der Waals surface area contributed by atoms with Crippen molar-refractivity contribution in [3.05, 3.63) is 34.9 Å². The molecule has 1 saturated carbocycles. The van der Waals surface area contributed by atoms with E-state index in [1.165, 1.54) is 0 Å². The first-order valence-corrected chi connectivity index (χ1v) is 8.86. The third kappa shape index (κ3) is 4.98. The Morgan fingerprint density at radius 3 is 2.67 bits per heavy atom. The molecule has 1 aromatic rings. The number of halogens is 1. The molecule has 1 fully saturated rings. The molecule has 0 aliphatic heterocycles. The number of rotatable bonds is 7. The van der Waals surface area contributed by atoms with Crippen LogP contribution in [-0.2, 0) is 21.2 Å². The van der Waals surface area contributed by atoms with Crippen molar-refractivity contribution in [1.82, 2.24) is 4.72 Å². The summed E-state index contributed by atoms with van der Waals surface area (Å²) in [7, 11) is -3.58. The van der Waals surface area contributed by atoms with Crippen molar-refractivity contribution in [2.45, 2.75) is 31.7 Å². The number of benzene rings is 1. The Morgan fingerprint density at radius 1 is 1.43 bits per heavy atom. The van der Waals surface area contributed by atoms with Crippen LogP contribution < -0.4 is 4.72 Å². The molecule has 0 spiro atoms. The molecule has 0 aromatic heterocycles. The maximum Gasteiger partial charge on any atom is 0.322 e. The smallest absolute Gasteiger partial charge is 0.322 e. The highest BCUT2D eigenvalue weighted by atomic mass is 35.5. The van der Waals surface area contributed by atoms with Crippen molar-refractivity contribution >= 4 is 27.6 Å². The van der Waals surface area contributed by atoms with Gasteiger partial charge in [-0.15, -0.1) is 0 Å². The zero-order chi connectivity index (χ0) is 15.5. The van der Waals surface area contributed by atoms with Crippen molar-refractivity contribution in [3.8, 4) is 0 Å². The molecule has 0 saturated heterocycles. The predicted molar refractivity (Wildman–Crippen MR) is 80.8 cm³/mol. The first-order valence-electron chi connectivity index (χ1n) is 6.83. The van der Waals surface area contributed by atoms with Gasteiger partial charge in [0.25, 0.3) is 0 Å². The van der Waals surface area contributed by atoms with Crippen molar-refractivity contribution in [2.24, 2.45) is 5.92 Å². The van der Waals surface area contributed by atoms with Crippen LogP contribution >= 0.6 is 11.6 Å². The van der Waals surface area contributed by atoms with E-state index in [1.807, 2.05) is 0 Å². The van der Waals surface area contributed by atoms with E-state index >= 15 is 0 Å². The van der Waals surface area contributed by atoms with Crippen LogP contribution in [0.15, 0.2) is 24.3 Å². The fraction of sp³-hybridized carbons (Fsp3) is 0.500. The van der Waals surface area contributed by atoms with Gasteiger partial charge in [0.2, 0.25) is 10.0 Å². The molecular formula is C14H18ClNO4S. The number of carbonyl (C=O) groups is 1. The number of hydrogen-bond donors (Lipinski definition) is 2. The normalized spacial score (nSPS) is 17.2. The molecule has 1 aromatic carbocycles. The molecule has 0 amide bonds. The maximum absolute atomic E-state index is 12.0. The second-order valence-electron chi connectivity index (χ2n) is 5.42. The molecule has 5 nitrogen and oxygen atoms in total. The molecule has 1 aliphatic carbocycles. The Balaban J connectivity index is 2.03. The van der Waals surface area contributed by atoms with Crippen molar-refractivity contribution in [1.29, 1.82) is 0 Å². The molecule has 0 heterocycles. The van der Waals surface area contributed by atoms with E-state index in [-0.39, 0.29) is 18.1 Å². The van der Waals surface area contributed by atoms with Gasteiger partial charge in [-0.25, -0.2) is 13.1 Å². The summed E-state index contributed by atoms with van der Waals surface area (Å²) < 4.78 is 26.3. The topological polar surface area (TPSA) is 83.5 Å². The third-order valence-electron chi connectivity index (χ3n) is 3.63. The first kappa shape index (κ1) is 16.3. The van der Waals surface area contributed by atoms with Crippen LogP contribution in [0.4, 0.5) is 0 Å². The van der Waals surface area contributed by atoms with E-state index in [9.17, 15) is 18.3 Å². The van der Waals surface area contributed by atoms with Crippen molar-refractivity contribution in [2.75, 3.05) is 5.75 Å². The Hall–Kier alpha value is -1.11. The van der Waals surface area contributed by atoms with E-state index in [1.54, 1.807) is 24.3 Å². The second kappa shape index (κ2) is 6.77. The lowest BCUT2D eigenvalue weighted by Gasteiger charge is -2.25. The largest absolute Gasteiger partial charge is 0.480 e. The minimum absolute atomic E-state index is 0.00628. The SMILES string of the molecule is O=C(O)C(Cc1cccc(Cl)c1)NS(=O)(=O)CC1CCC1. The van der Waals surface area contributed by atoms with E-state index in [0.29, 0.717) is 10.6 Å². The second-order valence-corrected chi connectivity index (χ2v) is 7.66. The summed E-state index contributed by atoms with van der Waals surface area (Å²) in [5.41, 5.74) is 0.682.